The fraction of sp³-hybridized carbons (Fsp3) is 0.423. The molecule has 0 bridgehead atoms. The van der Waals surface area contributed by atoms with Gasteiger partial charge in [-0.2, -0.15) is 0 Å². The Morgan fingerprint density at radius 2 is 1.91 bits per heavy atom. The lowest BCUT2D eigenvalue weighted by Crippen LogP contribution is -2.42. The number of ether oxygens (including phenoxy) is 2. The van der Waals surface area contributed by atoms with Crippen molar-refractivity contribution in [3.63, 3.8) is 0 Å². The van der Waals surface area contributed by atoms with E-state index >= 15 is 0 Å². The van der Waals surface area contributed by atoms with Gasteiger partial charge in [0.1, 0.15) is 11.5 Å². The molecule has 1 aromatic carbocycles. The highest BCUT2D eigenvalue weighted by Gasteiger charge is 2.46. The molecule has 2 aromatic rings. The Bertz CT molecular complexity index is 1030. The number of aliphatic hydroxyl groups is 1. The summed E-state index contributed by atoms with van der Waals surface area (Å²) < 4.78 is 11.3. The van der Waals surface area contributed by atoms with E-state index in [9.17, 15) is 14.7 Å². The number of rotatable bonds is 9. The molecule has 0 aliphatic carbocycles. The molecule has 34 heavy (non-hydrogen) atoms. The molecule has 2 fully saturated rings. The lowest BCUT2D eigenvalue weighted by atomic mass is 9.95. The number of morpholine rings is 1. The van der Waals surface area contributed by atoms with E-state index in [1.165, 1.54) is 0 Å². The summed E-state index contributed by atoms with van der Waals surface area (Å²) in [6.45, 7) is 6.55. The van der Waals surface area contributed by atoms with Crippen molar-refractivity contribution in [2.45, 2.75) is 25.8 Å². The highest BCUT2D eigenvalue weighted by molar-refractivity contribution is 6.46. The Hall–Kier alpha value is -3.23. The lowest BCUT2D eigenvalue weighted by molar-refractivity contribution is -0.140. The zero-order valence-electron chi connectivity index (χ0n) is 19.5. The quantitative estimate of drug-likeness (QED) is 0.263. The Labute approximate surface area is 199 Å². The molecule has 0 radical (unpaired) electrons. The second-order valence-corrected chi connectivity index (χ2v) is 8.46. The van der Waals surface area contributed by atoms with Crippen LogP contribution in [0.3, 0.4) is 0 Å². The first kappa shape index (κ1) is 23.9. The maximum Gasteiger partial charge on any atom is 0.295 e. The average molecular weight is 466 g/mol. The largest absolute Gasteiger partial charge is 0.507 e. The lowest BCUT2D eigenvalue weighted by Gasteiger charge is -2.31. The number of carbonyl (C=O) groups is 2. The minimum atomic E-state index is -0.705. The SMILES string of the molecule is CCCCOc1cccc(C2C(=C(O)c3ccncc3)C(=O)C(=O)N2CCN2CCOCC2)c1. The van der Waals surface area contributed by atoms with Crippen molar-refractivity contribution >= 4 is 17.4 Å². The number of unbranched alkanes of at least 4 members (excludes halogenated alkanes) is 1. The molecule has 1 unspecified atom stereocenters. The maximum atomic E-state index is 13.2. The Kier molecular flexibility index (Phi) is 7.92. The van der Waals surface area contributed by atoms with E-state index in [1.807, 2.05) is 24.3 Å². The number of hydrogen-bond acceptors (Lipinski definition) is 7. The second kappa shape index (κ2) is 11.3. The number of aromatic nitrogens is 1. The summed E-state index contributed by atoms with van der Waals surface area (Å²) in [4.78, 5) is 34.1. The molecule has 2 saturated heterocycles. The maximum absolute atomic E-state index is 13.2. The van der Waals surface area contributed by atoms with Crippen molar-refractivity contribution in [2.24, 2.45) is 0 Å². The third kappa shape index (κ3) is 5.29. The van der Waals surface area contributed by atoms with Gasteiger partial charge in [0.05, 0.1) is 31.4 Å². The van der Waals surface area contributed by atoms with Gasteiger partial charge in [0, 0.05) is 44.1 Å². The number of nitrogens with zero attached hydrogens (tertiary/aromatic N) is 3. The topological polar surface area (TPSA) is 92.2 Å². The van der Waals surface area contributed by atoms with Crippen LogP contribution >= 0.6 is 0 Å². The van der Waals surface area contributed by atoms with Crippen LogP contribution in [0.2, 0.25) is 0 Å². The Morgan fingerprint density at radius 3 is 2.65 bits per heavy atom. The summed E-state index contributed by atoms with van der Waals surface area (Å²) in [5.74, 6) is -0.810. The van der Waals surface area contributed by atoms with Crippen LogP contribution in [0.4, 0.5) is 0 Å². The van der Waals surface area contributed by atoms with Crippen molar-refractivity contribution in [3.8, 4) is 5.75 Å². The summed E-state index contributed by atoms with van der Waals surface area (Å²) in [7, 11) is 0. The highest BCUT2D eigenvalue weighted by atomic mass is 16.5. The number of likely N-dealkylation sites (tertiary alicyclic amines) is 1. The van der Waals surface area contributed by atoms with Gasteiger partial charge >= 0.3 is 0 Å². The van der Waals surface area contributed by atoms with Crippen LogP contribution in [-0.4, -0.2) is 77.6 Å². The minimum Gasteiger partial charge on any atom is -0.507 e. The first-order chi connectivity index (χ1) is 16.6. The summed E-state index contributed by atoms with van der Waals surface area (Å²) in [5.41, 5.74) is 1.26. The predicted molar refractivity (Wildman–Crippen MR) is 127 cm³/mol. The van der Waals surface area contributed by atoms with Gasteiger partial charge in [0.15, 0.2) is 0 Å². The summed E-state index contributed by atoms with van der Waals surface area (Å²) in [6.07, 6.45) is 5.04. The zero-order valence-corrected chi connectivity index (χ0v) is 19.5. The fourth-order valence-corrected chi connectivity index (χ4v) is 4.31. The number of hydrogen-bond donors (Lipinski definition) is 1. The third-order valence-corrected chi connectivity index (χ3v) is 6.20. The molecule has 8 heteroatoms. The highest BCUT2D eigenvalue weighted by Crippen LogP contribution is 2.40. The first-order valence-electron chi connectivity index (χ1n) is 11.8. The number of amides is 1. The van der Waals surface area contributed by atoms with Crippen molar-refractivity contribution in [1.82, 2.24) is 14.8 Å². The van der Waals surface area contributed by atoms with Crippen molar-refractivity contribution < 1.29 is 24.2 Å². The third-order valence-electron chi connectivity index (χ3n) is 6.20. The average Bonchev–Trinajstić information content (AvgIpc) is 3.13. The van der Waals surface area contributed by atoms with Crippen LogP contribution in [-0.2, 0) is 14.3 Å². The van der Waals surface area contributed by atoms with Crippen LogP contribution in [0.5, 0.6) is 5.75 Å². The Balaban J connectivity index is 1.70. The molecular weight excluding hydrogens is 434 g/mol. The molecular formula is C26H31N3O5. The van der Waals surface area contributed by atoms with Gasteiger partial charge in [-0.05, 0) is 36.2 Å². The molecule has 180 valence electrons. The molecule has 2 aliphatic heterocycles. The van der Waals surface area contributed by atoms with E-state index in [0.29, 0.717) is 44.2 Å². The van der Waals surface area contributed by atoms with Gasteiger partial charge in [-0.25, -0.2) is 0 Å². The second-order valence-electron chi connectivity index (χ2n) is 8.46. The molecule has 2 aliphatic rings. The molecule has 8 nitrogen and oxygen atoms in total. The number of ketones is 1. The van der Waals surface area contributed by atoms with Gasteiger partial charge in [-0.1, -0.05) is 25.5 Å². The van der Waals surface area contributed by atoms with E-state index in [1.54, 1.807) is 29.4 Å². The summed E-state index contributed by atoms with van der Waals surface area (Å²) in [6, 6.07) is 9.98. The van der Waals surface area contributed by atoms with Crippen molar-refractivity contribution in [2.75, 3.05) is 46.0 Å². The molecule has 1 aromatic heterocycles. The summed E-state index contributed by atoms with van der Waals surface area (Å²) in [5, 5.41) is 11.1. The van der Waals surface area contributed by atoms with Crippen LogP contribution < -0.4 is 4.74 Å². The van der Waals surface area contributed by atoms with E-state index in [0.717, 1.165) is 31.5 Å². The van der Waals surface area contributed by atoms with Crippen LogP contribution in [0.15, 0.2) is 54.4 Å². The van der Waals surface area contributed by atoms with E-state index in [2.05, 4.69) is 16.8 Å². The van der Waals surface area contributed by atoms with Gasteiger partial charge in [-0.3, -0.25) is 19.5 Å². The number of aliphatic hydroxyl groups excluding tert-OH is 1. The molecule has 0 spiro atoms. The van der Waals surface area contributed by atoms with Crippen molar-refractivity contribution in [3.05, 3.63) is 65.5 Å². The van der Waals surface area contributed by atoms with Crippen LogP contribution in [0.25, 0.3) is 5.76 Å². The molecule has 1 amide bonds. The zero-order chi connectivity index (χ0) is 23.9. The Morgan fingerprint density at radius 1 is 1.15 bits per heavy atom. The molecule has 3 heterocycles. The summed E-state index contributed by atoms with van der Waals surface area (Å²) >= 11 is 0. The predicted octanol–water partition coefficient (Wildman–Crippen LogP) is 3.01. The van der Waals surface area contributed by atoms with Gasteiger partial charge in [0.2, 0.25) is 0 Å². The number of benzene rings is 1. The monoisotopic (exact) mass is 465 g/mol. The minimum absolute atomic E-state index is 0.0869. The smallest absolute Gasteiger partial charge is 0.295 e. The van der Waals surface area contributed by atoms with Gasteiger partial charge in [-0.15, -0.1) is 0 Å². The molecule has 1 N–H and O–H groups in total. The van der Waals surface area contributed by atoms with Crippen LogP contribution in [0.1, 0.15) is 36.9 Å². The number of Topliss-reactive ketones (excluding diaryl/α,β-unsaturated/α-hetero) is 1. The number of carbonyl (C=O) groups excluding carboxylic acids is 2. The standard InChI is InChI=1S/C26H31N3O5/c1-2-3-15-34-21-6-4-5-20(18-21)23-22(24(30)19-7-9-27-10-8-19)25(31)26(32)29(23)12-11-28-13-16-33-17-14-28/h4-10,18,23,30H,2-3,11-17H2,1H3. The normalized spacial score (nSPS) is 20.6. The number of pyridine rings is 1. The van der Waals surface area contributed by atoms with E-state index in [4.69, 9.17) is 9.47 Å². The first-order valence-corrected chi connectivity index (χ1v) is 11.8. The van der Waals surface area contributed by atoms with Crippen molar-refractivity contribution in [1.29, 1.82) is 0 Å². The molecule has 0 saturated carbocycles. The molecule has 1 atom stereocenters. The molecule has 4 rings (SSSR count). The van der Waals surface area contributed by atoms with E-state index in [-0.39, 0.29) is 11.3 Å². The fourth-order valence-electron chi connectivity index (χ4n) is 4.31. The van der Waals surface area contributed by atoms with Crippen LogP contribution in [0, 0.1) is 0 Å². The van der Waals surface area contributed by atoms with Gasteiger partial charge < -0.3 is 19.5 Å². The van der Waals surface area contributed by atoms with Gasteiger partial charge in [0.25, 0.3) is 11.7 Å². The van der Waals surface area contributed by atoms with E-state index < -0.39 is 17.7 Å².